The Morgan fingerprint density at radius 2 is 1.69 bits per heavy atom. The second-order valence-electron chi connectivity index (χ2n) is 8.66. The molecule has 0 saturated carbocycles. The number of imidazole rings is 1. The lowest BCUT2D eigenvalue weighted by atomic mass is 10.0. The molecule has 0 aliphatic carbocycles. The maximum atomic E-state index is 13.2. The molecule has 0 spiro atoms. The summed E-state index contributed by atoms with van der Waals surface area (Å²) in [5.41, 5.74) is 17.2. The molecule has 4 unspecified atom stereocenters. The maximum Gasteiger partial charge on any atom is 0.325 e. The number of carbonyl (C=O) groups is 4. The third-order valence-corrected chi connectivity index (χ3v) is 4.98. The average Bonchev–Trinajstić information content (AvgIpc) is 3.27. The van der Waals surface area contributed by atoms with Crippen molar-refractivity contribution >= 4 is 29.7 Å². The number of hydrogen-bond acceptors (Lipinski definition) is 7. The molecule has 3 amide bonds. The first kappa shape index (κ1) is 29.4. The summed E-state index contributed by atoms with van der Waals surface area (Å²) in [6.45, 7) is 5.35. The van der Waals surface area contributed by atoms with Gasteiger partial charge in [-0.15, -0.1) is 0 Å². The van der Waals surface area contributed by atoms with Gasteiger partial charge < -0.3 is 43.2 Å². The number of aliphatic imine (C=N–C) groups is 1. The van der Waals surface area contributed by atoms with E-state index in [0.717, 1.165) is 0 Å². The smallest absolute Gasteiger partial charge is 0.325 e. The van der Waals surface area contributed by atoms with E-state index in [4.69, 9.17) is 22.3 Å². The Kier molecular flexibility index (Phi) is 12.2. The molecule has 0 aromatic carbocycles. The zero-order chi connectivity index (χ0) is 26.5. The number of carboxylic acids is 1. The van der Waals surface area contributed by atoms with Crippen molar-refractivity contribution in [3.05, 3.63) is 18.2 Å². The van der Waals surface area contributed by atoms with Gasteiger partial charge in [-0.25, -0.2) is 4.98 Å². The lowest BCUT2D eigenvalue weighted by Crippen LogP contribution is -2.57. The minimum absolute atomic E-state index is 0.0693. The summed E-state index contributed by atoms with van der Waals surface area (Å²) in [4.78, 5) is 60.3. The van der Waals surface area contributed by atoms with E-state index in [-0.39, 0.29) is 31.3 Å². The van der Waals surface area contributed by atoms with Crippen molar-refractivity contribution in [3.63, 3.8) is 0 Å². The van der Waals surface area contributed by atoms with Crippen molar-refractivity contribution < 1.29 is 24.3 Å². The van der Waals surface area contributed by atoms with Crippen LogP contribution in [0.15, 0.2) is 17.5 Å². The highest BCUT2D eigenvalue weighted by Gasteiger charge is 2.29. The predicted octanol–water partition coefficient (Wildman–Crippen LogP) is -2.06. The van der Waals surface area contributed by atoms with Crippen LogP contribution >= 0.6 is 0 Å². The number of guanidine groups is 1. The zero-order valence-electron chi connectivity index (χ0n) is 20.3. The van der Waals surface area contributed by atoms with Crippen LogP contribution < -0.4 is 33.2 Å². The van der Waals surface area contributed by atoms with E-state index in [1.165, 1.54) is 19.4 Å². The first-order valence-corrected chi connectivity index (χ1v) is 11.3. The topological polar surface area (TPSA) is 244 Å². The van der Waals surface area contributed by atoms with Gasteiger partial charge in [0.2, 0.25) is 17.7 Å². The van der Waals surface area contributed by atoms with Crippen molar-refractivity contribution in [1.82, 2.24) is 25.9 Å². The highest BCUT2D eigenvalue weighted by Crippen LogP contribution is 2.06. The van der Waals surface area contributed by atoms with Gasteiger partial charge in [0.05, 0.1) is 12.4 Å². The largest absolute Gasteiger partial charge is 0.480 e. The van der Waals surface area contributed by atoms with Gasteiger partial charge in [-0.3, -0.25) is 24.2 Å². The monoisotopic (exact) mass is 495 g/mol. The molecule has 0 bridgehead atoms. The number of aromatic nitrogens is 2. The van der Waals surface area contributed by atoms with Crippen molar-refractivity contribution in [3.8, 4) is 0 Å². The summed E-state index contributed by atoms with van der Waals surface area (Å²) < 4.78 is 0. The van der Waals surface area contributed by atoms with Gasteiger partial charge in [-0.2, -0.15) is 0 Å². The Morgan fingerprint density at radius 1 is 1.06 bits per heavy atom. The Balaban J connectivity index is 3.02. The van der Waals surface area contributed by atoms with Gasteiger partial charge in [0.15, 0.2) is 5.96 Å². The summed E-state index contributed by atoms with van der Waals surface area (Å²) >= 11 is 0. The summed E-state index contributed by atoms with van der Waals surface area (Å²) in [7, 11) is 0. The van der Waals surface area contributed by atoms with E-state index >= 15 is 0 Å². The highest BCUT2D eigenvalue weighted by molar-refractivity contribution is 5.94. The molecule has 35 heavy (non-hydrogen) atoms. The number of H-pyrrole nitrogens is 1. The number of rotatable bonds is 15. The molecule has 0 saturated heterocycles. The lowest BCUT2D eigenvalue weighted by Gasteiger charge is -2.25. The van der Waals surface area contributed by atoms with E-state index in [9.17, 15) is 19.2 Å². The Hall–Kier alpha value is -3.68. The van der Waals surface area contributed by atoms with Crippen molar-refractivity contribution in [2.24, 2.45) is 28.1 Å². The first-order chi connectivity index (χ1) is 16.4. The molecule has 1 heterocycles. The van der Waals surface area contributed by atoms with Crippen molar-refractivity contribution in [1.29, 1.82) is 0 Å². The fraction of sp³-hybridized carbons (Fsp3) is 0.619. The van der Waals surface area contributed by atoms with E-state index in [1.807, 2.05) is 13.8 Å². The van der Waals surface area contributed by atoms with Crippen LogP contribution in [-0.4, -0.2) is 75.4 Å². The second kappa shape index (κ2) is 14.6. The third-order valence-electron chi connectivity index (χ3n) is 4.98. The number of carbonyl (C=O) groups excluding carboxylic acids is 3. The van der Waals surface area contributed by atoms with E-state index < -0.39 is 47.9 Å². The quantitative estimate of drug-likeness (QED) is 0.0756. The van der Waals surface area contributed by atoms with Gasteiger partial charge in [0, 0.05) is 24.9 Å². The van der Waals surface area contributed by atoms with Crippen LogP contribution in [0.25, 0.3) is 0 Å². The molecule has 11 N–H and O–H groups in total. The van der Waals surface area contributed by atoms with Crippen LogP contribution in [0.3, 0.4) is 0 Å². The molecule has 14 nitrogen and oxygen atoms in total. The second-order valence-corrected chi connectivity index (χ2v) is 8.66. The van der Waals surface area contributed by atoms with Gasteiger partial charge in [0.1, 0.15) is 18.1 Å². The highest BCUT2D eigenvalue weighted by atomic mass is 16.4. The normalized spacial score (nSPS) is 14.3. The van der Waals surface area contributed by atoms with E-state index in [2.05, 4.69) is 30.9 Å². The molecule has 4 atom stereocenters. The van der Waals surface area contributed by atoms with Crippen LogP contribution in [0.4, 0.5) is 0 Å². The Bertz CT molecular complexity index is 869. The van der Waals surface area contributed by atoms with E-state index in [0.29, 0.717) is 18.5 Å². The minimum atomic E-state index is -1.23. The predicted molar refractivity (Wildman–Crippen MR) is 129 cm³/mol. The standard InChI is InChI=1S/C21H37N9O5/c1-11(2)7-14(22)17(31)30-16(8-13-9-25-10-27-13)19(33)29-15(5-4-6-26-21(23)24)18(32)28-12(3)20(34)35/h9-12,14-16H,4-8,22H2,1-3H3,(H,25,27)(H,28,32)(H,29,33)(H,30,31)(H,34,35)(H4,23,24,26). The molecule has 0 aliphatic rings. The number of aliphatic carboxylic acids is 1. The molecule has 1 aromatic rings. The number of carboxylic acid groups (broad SMARTS) is 1. The minimum Gasteiger partial charge on any atom is -0.480 e. The zero-order valence-corrected chi connectivity index (χ0v) is 20.3. The molecule has 196 valence electrons. The maximum absolute atomic E-state index is 13.2. The Morgan fingerprint density at radius 3 is 2.23 bits per heavy atom. The van der Waals surface area contributed by atoms with Gasteiger partial charge in [-0.05, 0) is 32.1 Å². The number of hydrogen-bond donors (Lipinski definition) is 8. The number of nitrogens with one attached hydrogen (secondary N) is 4. The third kappa shape index (κ3) is 11.3. The fourth-order valence-electron chi connectivity index (χ4n) is 3.14. The molecule has 1 aromatic heterocycles. The van der Waals surface area contributed by atoms with Crippen LogP contribution in [0, 0.1) is 5.92 Å². The van der Waals surface area contributed by atoms with Crippen LogP contribution in [0.5, 0.6) is 0 Å². The summed E-state index contributed by atoms with van der Waals surface area (Å²) in [6.07, 6.45) is 3.89. The van der Waals surface area contributed by atoms with Crippen molar-refractivity contribution in [2.45, 2.75) is 70.6 Å². The lowest BCUT2D eigenvalue weighted by molar-refractivity contribution is -0.141. The molecule has 0 radical (unpaired) electrons. The fourth-order valence-corrected chi connectivity index (χ4v) is 3.14. The van der Waals surface area contributed by atoms with Gasteiger partial charge >= 0.3 is 5.97 Å². The number of aromatic amines is 1. The van der Waals surface area contributed by atoms with Gasteiger partial charge in [-0.1, -0.05) is 13.8 Å². The van der Waals surface area contributed by atoms with Crippen molar-refractivity contribution in [2.75, 3.05) is 6.54 Å². The molecule has 14 heteroatoms. The van der Waals surface area contributed by atoms with Crippen LogP contribution in [0.1, 0.15) is 45.7 Å². The molecular weight excluding hydrogens is 458 g/mol. The summed E-state index contributed by atoms with van der Waals surface area (Å²) in [6, 6.07) is -4.15. The molecule has 1 rings (SSSR count). The SMILES string of the molecule is CC(C)CC(N)C(=O)NC(Cc1cnc[nH]1)C(=O)NC(CCCN=C(N)N)C(=O)NC(C)C(=O)O. The average molecular weight is 496 g/mol. The number of amides is 3. The van der Waals surface area contributed by atoms with Crippen LogP contribution in [-0.2, 0) is 25.6 Å². The molecular formula is C21H37N9O5. The Labute approximate surface area is 203 Å². The van der Waals surface area contributed by atoms with E-state index in [1.54, 1.807) is 0 Å². The first-order valence-electron chi connectivity index (χ1n) is 11.3. The summed E-state index contributed by atoms with van der Waals surface area (Å²) in [5, 5.41) is 16.7. The molecule has 0 fully saturated rings. The van der Waals surface area contributed by atoms with Gasteiger partial charge in [0.25, 0.3) is 0 Å². The van der Waals surface area contributed by atoms with Crippen LogP contribution in [0.2, 0.25) is 0 Å². The number of nitrogens with zero attached hydrogens (tertiary/aromatic N) is 2. The summed E-state index contributed by atoms with van der Waals surface area (Å²) in [5.74, 6) is -3.02. The molecule has 0 aliphatic heterocycles. The number of nitrogens with two attached hydrogens (primary N) is 3.